The number of hydrogen-bond donors (Lipinski definition) is 2. The smallest absolute Gasteiger partial charge is 0.249 e. The fourth-order valence-corrected chi connectivity index (χ4v) is 2.88. The number of amides is 1. The summed E-state index contributed by atoms with van der Waals surface area (Å²) in [4.78, 5) is 15.2. The lowest BCUT2D eigenvalue weighted by Gasteiger charge is -2.14. The molecule has 0 spiro atoms. The number of nitrogens with two attached hydrogens (primary N) is 2. The van der Waals surface area contributed by atoms with Crippen LogP contribution >= 0.6 is 23.2 Å². The molecule has 0 unspecified atom stereocenters. The molecule has 0 saturated heterocycles. The van der Waals surface area contributed by atoms with Crippen molar-refractivity contribution in [2.24, 2.45) is 16.5 Å². The van der Waals surface area contributed by atoms with Gasteiger partial charge in [-0.15, -0.1) is 0 Å². The maximum absolute atomic E-state index is 11.7. The molecule has 0 aliphatic rings. The molecule has 4 N–H and O–H groups in total. The largest absolute Gasteiger partial charge is 0.493 e. The molecule has 0 radical (unpaired) electrons. The van der Waals surface area contributed by atoms with Gasteiger partial charge in [0.2, 0.25) is 5.91 Å². The second-order valence-corrected chi connectivity index (χ2v) is 6.90. The van der Waals surface area contributed by atoms with Gasteiger partial charge in [0, 0.05) is 32.1 Å². The average molecular weight is 424 g/mol. The van der Waals surface area contributed by atoms with E-state index in [2.05, 4.69) is 4.99 Å². The fraction of sp³-hybridized carbons (Fsp3) is 0.300. The van der Waals surface area contributed by atoms with Crippen LogP contribution in [0.1, 0.15) is 18.4 Å². The number of guanidine groups is 1. The predicted molar refractivity (Wildman–Crippen MR) is 113 cm³/mol. The van der Waals surface area contributed by atoms with Crippen molar-refractivity contribution in [2.45, 2.75) is 19.3 Å². The van der Waals surface area contributed by atoms with Crippen molar-refractivity contribution >= 4 is 35.1 Å². The molecule has 2 aromatic rings. The summed E-state index contributed by atoms with van der Waals surface area (Å²) < 4.78 is 11.0. The van der Waals surface area contributed by atoms with E-state index in [1.807, 2.05) is 24.3 Å². The zero-order valence-corrected chi connectivity index (χ0v) is 17.1. The molecule has 0 fully saturated rings. The monoisotopic (exact) mass is 423 g/mol. The lowest BCUT2D eigenvalue weighted by atomic mass is 10.0. The molecule has 0 aromatic heterocycles. The van der Waals surface area contributed by atoms with E-state index < -0.39 is 0 Å². The zero-order valence-electron chi connectivity index (χ0n) is 15.6. The van der Waals surface area contributed by atoms with Gasteiger partial charge >= 0.3 is 0 Å². The van der Waals surface area contributed by atoms with Gasteiger partial charge < -0.3 is 20.9 Å². The van der Waals surface area contributed by atoms with E-state index in [0.29, 0.717) is 35.4 Å². The summed E-state index contributed by atoms with van der Waals surface area (Å²) in [5.74, 6) is 0.0968. The van der Waals surface area contributed by atoms with Crippen molar-refractivity contribution in [1.29, 1.82) is 0 Å². The number of rotatable bonds is 9. The summed E-state index contributed by atoms with van der Waals surface area (Å²) in [6.07, 6.45) is 1.45. The van der Waals surface area contributed by atoms with Crippen LogP contribution in [0.25, 0.3) is 11.1 Å². The van der Waals surface area contributed by atoms with Gasteiger partial charge in [-0.25, -0.2) is 0 Å². The summed E-state index contributed by atoms with van der Waals surface area (Å²) >= 11 is 12.2. The Labute approximate surface area is 174 Å². The maximum Gasteiger partial charge on any atom is 0.249 e. The van der Waals surface area contributed by atoms with Crippen molar-refractivity contribution in [3.63, 3.8) is 0 Å². The predicted octanol–water partition coefficient (Wildman–Crippen LogP) is 3.81. The Balaban J connectivity index is 2.24. The zero-order chi connectivity index (χ0) is 20.5. The molecule has 8 heteroatoms. The number of aliphatic imine (C=N–C) groups is 1. The Bertz CT molecular complexity index is 853. The molecule has 2 rings (SSSR count). The number of ether oxygens (including phenoxy) is 2. The van der Waals surface area contributed by atoms with Crippen LogP contribution in [0.2, 0.25) is 10.0 Å². The van der Waals surface area contributed by atoms with Gasteiger partial charge in [0.25, 0.3) is 0 Å². The van der Waals surface area contributed by atoms with Crippen LogP contribution in [0.5, 0.6) is 5.75 Å². The van der Waals surface area contributed by atoms with Gasteiger partial charge in [-0.05, 0) is 35.7 Å². The second kappa shape index (κ2) is 10.9. The minimum absolute atomic E-state index is 0.202. The number of nitrogens with zero attached hydrogens (tertiary/aromatic N) is 1. The third-order valence-corrected chi connectivity index (χ3v) is 4.65. The molecule has 1 amide bonds. The van der Waals surface area contributed by atoms with Crippen LogP contribution in [-0.2, 0) is 16.0 Å². The Morgan fingerprint density at radius 3 is 2.54 bits per heavy atom. The lowest BCUT2D eigenvalue weighted by Crippen LogP contribution is -2.24. The van der Waals surface area contributed by atoms with Crippen molar-refractivity contribution in [2.75, 3.05) is 20.3 Å². The number of halogens is 2. The van der Waals surface area contributed by atoms with Crippen molar-refractivity contribution < 1.29 is 14.3 Å². The Kier molecular flexibility index (Phi) is 8.57. The van der Waals surface area contributed by atoms with E-state index in [4.69, 9.17) is 44.1 Å². The first-order valence-corrected chi connectivity index (χ1v) is 9.49. The molecule has 0 aliphatic heterocycles. The van der Waals surface area contributed by atoms with E-state index in [1.165, 1.54) is 0 Å². The standard InChI is InChI=1S/C20H23Cl2N3O3/c1-27-9-2-10-28-18-11-13(4-8-19(26)25-20(23)24)3-6-15(18)14-5-7-16(21)17(22)12-14/h3,5-7,11-12H,2,4,8-10H2,1H3,(H4,23,24,25,26). The summed E-state index contributed by atoms with van der Waals surface area (Å²) in [5, 5.41) is 0.958. The molecule has 0 atom stereocenters. The Morgan fingerprint density at radius 2 is 1.86 bits per heavy atom. The lowest BCUT2D eigenvalue weighted by molar-refractivity contribution is -0.117. The van der Waals surface area contributed by atoms with Crippen LogP contribution < -0.4 is 16.2 Å². The van der Waals surface area contributed by atoms with Gasteiger partial charge in [0.15, 0.2) is 5.96 Å². The van der Waals surface area contributed by atoms with Gasteiger partial charge in [-0.3, -0.25) is 4.79 Å². The van der Waals surface area contributed by atoms with Gasteiger partial charge in [0.05, 0.1) is 16.7 Å². The van der Waals surface area contributed by atoms with Gasteiger partial charge in [0.1, 0.15) is 5.75 Å². The number of carbonyl (C=O) groups is 1. The SMILES string of the molecule is COCCCOc1cc(CCC(=O)N=C(N)N)ccc1-c1ccc(Cl)c(Cl)c1. The first-order valence-electron chi connectivity index (χ1n) is 8.73. The highest BCUT2D eigenvalue weighted by Crippen LogP contribution is 2.35. The van der Waals surface area contributed by atoms with E-state index in [1.54, 1.807) is 19.2 Å². The average Bonchev–Trinajstić information content (AvgIpc) is 2.65. The number of carbonyl (C=O) groups excluding carboxylic acids is 1. The van der Waals surface area contributed by atoms with Crippen LogP contribution in [-0.4, -0.2) is 32.2 Å². The van der Waals surface area contributed by atoms with Gasteiger partial charge in [-0.1, -0.05) is 41.4 Å². The highest BCUT2D eigenvalue weighted by molar-refractivity contribution is 6.42. The van der Waals surface area contributed by atoms with Crippen molar-refractivity contribution in [3.05, 3.63) is 52.0 Å². The molecular weight excluding hydrogens is 401 g/mol. The van der Waals surface area contributed by atoms with Crippen LogP contribution in [0, 0.1) is 0 Å². The number of methoxy groups -OCH3 is 1. The summed E-state index contributed by atoms with van der Waals surface area (Å²) in [7, 11) is 1.65. The molecule has 6 nitrogen and oxygen atoms in total. The van der Waals surface area contributed by atoms with Crippen molar-refractivity contribution in [3.8, 4) is 16.9 Å². The summed E-state index contributed by atoms with van der Waals surface area (Å²) in [6.45, 7) is 1.10. The summed E-state index contributed by atoms with van der Waals surface area (Å²) in [6, 6.07) is 11.2. The quantitative estimate of drug-likeness (QED) is 0.362. The molecule has 0 saturated carbocycles. The van der Waals surface area contributed by atoms with Crippen molar-refractivity contribution in [1.82, 2.24) is 0 Å². The first-order chi connectivity index (χ1) is 13.4. The minimum Gasteiger partial charge on any atom is -0.493 e. The molecular formula is C20H23Cl2N3O3. The molecule has 150 valence electrons. The number of aryl methyl sites for hydroxylation is 1. The molecule has 0 bridgehead atoms. The normalized spacial score (nSPS) is 10.5. The summed E-state index contributed by atoms with van der Waals surface area (Å²) in [5.41, 5.74) is 13.2. The van der Waals surface area contributed by atoms with E-state index in [0.717, 1.165) is 23.1 Å². The fourth-order valence-electron chi connectivity index (χ4n) is 2.58. The Morgan fingerprint density at radius 1 is 1.07 bits per heavy atom. The molecule has 2 aromatic carbocycles. The van der Waals surface area contributed by atoms with E-state index in [-0.39, 0.29) is 18.3 Å². The number of hydrogen-bond acceptors (Lipinski definition) is 3. The van der Waals surface area contributed by atoms with E-state index >= 15 is 0 Å². The minimum atomic E-state index is -0.365. The molecule has 28 heavy (non-hydrogen) atoms. The Hall–Kier alpha value is -2.28. The first kappa shape index (κ1) is 22.0. The number of benzene rings is 2. The highest BCUT2D eigenvalue weighted by atomic mass is 35.5. The third kappa shape index (κ3) is 6.71. The van der Waals surface area contributed by atoms with Gasteiger partial charge in [-0.2, -0.15) is 4.99 Å². The highest BCUT2D eigenvalue weighted by Gasteiger charge is 2.11. The molecule has 0 aliphatic carbocycles. The van der Waals surface area contributed by atoms with E-state index in [9.17, 15) is 4.79 Å². The molecule has 0 heterocycles. The third-order valence-electron chi connectivity index (χ3n) is 3.91. The second-order valence-electron chi connectivity index (χ2n) is 6.08. The van der Waals surface area contributed by atoms with Crippen LogP contribution in [0.3, 0.4) is 0 Å². The van der Waals surface area contributed by atoms with Crippen LogP contribution in [0.4, 0.5) is 0 Å². The van der Waals surface area contributed by atoms with Crippen LogP contribution in [0.15, 0.2) is 41.4 Å². The topological polar surface area (TPSA) is 99.9 Å². The maximum atomic E-state index is 11.7.